The molecule has 0 aliphatic rings. The Morgan fingerprint density at radius 1 is 1.09 bits per heavy atom. The second-order valence-corrected chi connectivity index (χ2v) is 7.09. The number of hydrogen-bond donors (Lipinski definition) is 1. The molecule has 2 heterocycles. The molecule has 0 fully saturated rings. The Bertz CT molecular complexity index is 760. The van der Waals surface area contributed by atoms with Crippen LogP contribution in [0.2, 0.25) is 0 Å². The van der Waals surface area contributed by atoms with E-state index in [1.807, 2.05) is 17.5 Å². The van der Waals surface area contributed by atoms with E-state index in [1.54, 1.807) is 11.3 Å². The van der Waals surface area contributed by atoms with Crippen molar-refractivity contribution in [2.45, 2.75) is 20.0 Å². The maximum Gasteiger partial charge on any atom is 0.305 e. The van der Waals surface area contributed by atoms with Gasteiger partial charge in [0.05, 0.1) is 10.6 Å². The van der Waals surface area contributed by atoms with Crippen molar-refractivity contribution in [2.24, 2.45) is 0 Å². The molecule has 0 aliphatic carbocycles. The number of nitrogens with one attached hydrogen (secondary N) is 1. The SMILES string of the molecule is CCN(Cc1ccccc1)Cc1sc(=O)[nH]c1-c1cccs1. The second-order valence-electron chi connectivity index (χ2n) is 5.08. The average molecular weight is 330 g/mol. The average Bonchev–Trinajstić information content (AvgIpc) is 3.17. The summed E-state index contributed by atoms with van der Waals surface area (Å²) in [6, 6.07) is 14.5. The van der Waals surface area contributed by atoms with Crippen molar-refractivity contribution in [3.8, 4) is 10.6 Å². The molecule has 114 valence electrons. The van der Waals surface area contributed by atoms with Crippen LogP contribution in [0.15, 0.2) is 52.6 Å². The number of benzene rings is 1. The van der Waals surface area contributed by atoms with E-state index < -0.39 is 0 Å². The third-order valence-corrected chi connectivity index (χ3v) is 5.31. The quantitative estimate of drug-likeness (QED) is 0.736. The molecule has 0 unspecified atom stereocenters. The lowest BCUT2D eigenvalue weighted by Crippen LogP contribution is -2.22. The van der Waals surface area contributed by atoms with Crippen molar-refractivity contribution in [1.29, 1.82) is 0 Å². The van der Waals surface area contributed by atoms with Crippen LogP contribution < -0.4 is 4.87 Å². The van der Waals surface area contributed by atoms with Crippen molar-refractivity contribution in [3.05, 3.63) is 68.0 Å². The summed E-state index contributed by atoms with van der Waals surface area (Å²) < 4.78 is 0. The minimum Gasteiger partial charge on any atom is -0.311 e. The standard InChI is InChI=1S/C17H18N2OS2/c1-2-19(11-13-7-4-3-5-8-13)12-15-16(18-17(20)22-15)14-9-6-10-21-14/h3-10H,2,11-12H2,1H3,(H,18,20). The predicted molar refractivity (Wildman–Crippen MR) is 94.5 cm³/mol. The highest BCUT2D eigenvalue weighted by molar-refractivity contribution is 7.14. The molecule has 3 aromatic rings. The Morgan fingerprint density at radius 3 is 2.59 bits per heavy atom. The second kappa shape index (κ2) is 7.05. The van der Waals surface area contributed by atoms with Crippen LogP contribution in [0.25, 0.3) is 10.6 Å². The van der Waals surface area contributed by atoms with Crippen molar-refractivity contribution in [1.82, 2.24) is 9.88 Å². The number of nitrogens with zero attached hydrogens (tertiary/aromatic N) is 1. The molecule has 5 heteroatoms. The highest BCUT2D eigenvalue weighted by atomic mass is 32.1. The minimum atomic E-state index is 0.0224. The van der Waals surface area contributed by atoms with Crippen molar-refractivity contribution < 1.29 is 0 Å². The molecule has 1 aromatic carbocycles. The number of thiazole rings is 1. The van der Waals surface area contributed by atoms with Gasteiger partial charge in [-0.1, -0.05) is 54.7 Å². The van der Waals surface area contributed by atoms with Gasteiger partial charge in [-0.25, -0.2) is 0 Å². The molecule has 0 radical (unpaired) electrons. The van der Waals surface area contributed by atoms with Gasteiger partial charge in [0, 0.05) is 18.0 Å². The molecule has 3 rings (SSSR count). The first-order valence-corrected chi connectivity index (χ1v) is 8.98. The molecule has 0 amide bonds. The summed E-state index contributed by atoms with van der Waals surface area (Å²) in [7, 11) is 0. The molecule has 0 bridgehead atoms. The summed E-state index contributed by atoms with van der Waals surface area (Å²) in [4.78, 5) is 19.4. The molecule has 2 aromatic heterocycles. The van der Waals surface area contributed by atoms with Crippen molar-refractivity contribution >= 4 is 22.7 Å². The fourth-order valence-corrected chi connectivity index (χ4v) is 4.12. The number of aromatic nitrogens is 1. The third kappa shape index (κ3) is 3.55. The van der Waals surface area contributed by atoms with E-state index >= 15 is 0 Å². The summed E-state index contributed by atoms with van der Waals surface area (Å²) in [5.41, 5.74) is 2.28. The van der Waals surface area contributed by atoms with Gasteiger partial charge in [-0.15, -0.1) is 11.3 Å². The maximum absolute atomic E-state index is 11.8. The topological polar surface area (TPSA) is 36.1 Å². The van der Waals surface area contributed by atoms with E-state index in [0.29, 0.717) is 0 Å². The lowest BCUT2D eigenvalue weighted by atomic mass is 10.2. The monoisotopic (exact) mass is 330 g/mol. The highest BCUT2D eigenvalue weighted by Gasteiger charge is 2.14. The van der Waals surface area contributed by atoms with Gasteiger partial charge in [0.15, 0.2) is 0 Å². The zero-order valence-electron chi connectivity index (χ0n) is 12.4. The van der Waals surface area contributed by atoms with Gasteiger partial charge in [0.2, 0.25) is 0 Å². The number of H-pyrrole nitrogens is 1. The van der Waals surface area contributed by atoms with Gasteiger partial charge in [0.25, 0.3) is 0 Å². The van der Waals surface area contributed by atoms with Crippen LogP contribution in [0.1, 0.15) is 17.4 Å². The lowest BCUT2D eigenvalue weighted by molar-refractivity contribution is 0.274. The Hall–Kier alpha value is -1.69. The molecule has 0 saturated heterocycles. The molecular weight excluding hydrogens is 312 g/mol. The van der Waals surface area contributed by atoms with Crippen LogP contribution in [0.3, 0.4) is 0 Å². The van der Waals surface area contributed by atoms with Gasteiger partial charge >= 0.3 is 4.87 Å². The molecule has 0 spiro atoms. The number of thiophene rings is 1. The summed E-state index contributed by atoms with van der Waals surface area (Å²) >= 11 is 2.98. The Morgan fingerprint density at radius 2 is 1.91 bits per heavy atom. The van der Waals surface area contributed by atoms with E-state index in [2.05, 4.69) is 47.1 Å². The fourth-order valence-electron chi connectivity index (χ4n) is 2.42. The van der Waals surface area contributed by atoms with E-state index in [0.717, 1.165) is 35.1 Å². The van der Waals surface area contributed by atoms with E-state index in [1.165, 1.54) is 16.9 Å². The van der Waals surface area contributed by atoms with E-state index in [-0.39, 0.29) is 4.87 Å². The highest BCUT2D eigenvalue weighted by Crippen LogP contribution is 2.28. The Labute approximate surface area is 137 Å². The summed E-state index contributed by atoms with van der Waals surface area (Å²) in [6.45, 7) is 4.80. The third-order valence-electron chi connectivity index (χ3n) is 3.55. The largest absolute Gasteiger partial charge is 0.311 e. The van der Waals surface area contributed by atoms with Crippen LogP contribution in [0.5, 0.6) is 0 Å². The van der Waals surface area contributed by atoms with Crippen LogP contribution in [0, 0.1) is 0 Å². The number of rotatable bonds is 6. The molecule has 1 N–H and O–H groups in total. The van der Waals surface area contributed by atoms with Crippen LogP contribution in [-0.4, -0.2) is 16.4 Å². The van der Waals surface area contributed by atoms with Gasteiger partial charge in [-0.05, 0) is 23.6 Å². The first kappa shape index (κ1) is 15.2. The van der Waals surface area contributed by atoms with Gasteiger partial charge in [0.1, 0.15) is 0 Å². The molecule has 0 saturated carbocycles. The predicted octanol–water partition coefficient (Wildman–Crippen LogP) is 4.19. The Kier molecular flexibility index (Phi) is 4.87. The number of hydrogen-bond acceptors (Lipinski definition) is 4. The molecule has 22 heavy (non-hydrogen) atoms. The van der Waals surface area contributed by atoms with Gasteiger partial charge in [-0.2, -0.15) is 0 Å². The van der Waals surface area contributed by atoms with Crippen molar-refractivity contribution in [2.75, 3.05) is 6.54 Å². The first-order chi connectivity index (χ1) is 10.8. The van der Waals surface area contributed by atoms with E-state index in [9.17, 15) is 4.79 Å². The first-order valence-electron chi connectivity index (χ1n) is 7.28. The number of aromatic amines is 1. The molecule has 0 atom stereocenters. The van der Waals surface area contributed by atoms with Gasteiger partial charge < -0.3 is 4.98 Å². The van der Waals surface area contributed by atoms with Crippen LogP contribution in [-0.2, 0) is 13.1 Å². The molecular formula is C17H18N2OS2. The maximum atomic E-state index is 11.8. The summed E-state index contributed by atoms with van der Waals surface area (Å²) in [5, 5.41) is 2.04. The van der Waals surface area contributed by atoms with Crippen LogP contribution >= 0.6 is 22.7 Å². The van der Waals surface area contributed by atoms with Gasteiger partial charge in [-0.3, -0.25) is 9.69 Å². The zero-order valence-corrected chi connectivity index (χ0v) is 14.0. The van der Waals surface area contributed by atoms with Crippen molar-refractivity contribution in [3.63, 3.8) is 0 Å². The zero-order chi connectivity index (χ0) is 15.4. The minimum absolute atomic E-state index is 0.0224. The fraction of sp³-hybridized carbons (Fsp3) is 0.235. The normalized spacial score (nSPS) is 11.2. The smallest absolute Gasteiger partial charge is 0.305 e. The molecule has 3 nitrogen and oxygen atoms in total. The van der Waals surface area contributed by atoms with Crippen LogP contribution in [0.4, 0.5) is 0 Å². The lowest BCUT2D eigenvalue weighted by Gasteiger charge is -2.20. The van der Waals surface area contributed by atoms with E-state index in [4.69, 9.17) is 0 Å². The molecule has 0 aliphatic heterocycles. The summed E-state index contributed by atoms with van der Waals surface area (Å²) in [6.07, 6.45) is 0. The summed E-state index contributed by atoms with van der Waals surface area (Å²) in [5.74, 6) is 0. The Balaban J connectivity index is 1.81.